The van der Waals surface area contributed by atoms with Gasteiger partial charge in [0.15, 0.2) is 17.3 Å². The van der Waals surface area contributed by atoms with Gasteiger partial charge in [-0.1, -0.05) is 6.07 Å². The zero-order valence-electron chi connectivity index (χ0n) is 14.9. The van der Waals surface area contributed by atoms with Crippen LogP contribution in [0.25, 0.3) is 10.9 Å². The van der Waals surface area contributed by atoms with Crippen LogP contribution in [0, 0.1) is 5.82 Å². The highest BCUT2D eigenvalue weighted by Gasteiger charge is 2.23. The Morgan fingerprint density at radius 3 is 2.93 bits per heavy atom. The van der Waals surface area contributed by atoms with Gasteiger partial charge in [-0.05, 0) is 48.2 Å². The number of hydrogen-bond donors (Lipinski definition) is 1. The van der Waals surface area contributed by atoms with E-state index in [-0.39, 0.29) is 11.9 Å². The maximum atomic E-state index is 14.3. The molecule has 0 radical (unpaired) electrons. The fourth-order valence-corrected chi connectivity index (χ4v) is 3.36. The molecule has 3 aromatic rings. The number of benzene rings is 2. The van der Waals surface area contributed by atoms with E-state index in [1.807, 2.05) is 26.2 Å². The number of rotatable bonds is 4. The van der Waals surface area contributed by atoms with Crippen LogP contribution >= 0.6 is 15.9 Å². The van der Waals surface area contributed by atoms with E-state index in [2.05, 4.69) is 36.1 Å². The molecule has 1 unspecified atom stereocenters. The first kappa shape index (κ1) is 17.9. The summed E-state index contributed by atoms with van der Waals surface area (Å²) >= 11 is 3.19. The van der Waals surface area contributed by atoms with E-state index in [0.717, 1.165) is 11.9 Å². The SMILES string of the molecule is CN(C)CC1COc2cc3c(Nc4cccc(Br)c4F)ncnc3cc2O1. The van der Waals surface area contributed by atoms with Crippen molar-refractivity contribution in [2.45, 2.75) is 6.10 Å². The lowest BCUT2D eigenvalue weighted by Crippen LogP contribution is -2.37. The number of likely N-dealkylation sites (N-methyl/N-ethyl adjacent to an activating group) is 1. The summed E-state index contributed by atoms with van der Waals surface area (Å²) in [6.07, 6.45) is 1.40. The van der Waals surface area contributed by atoms with Crippen LogP contribution in [0.2, 0.25) is 0 Å². The average molecular weight is 433 g/mol. The van der Waals surface area contributed by atoms with Gasteiger partial charge in [0.05, 0.1) is 15.7 Å². The van der Waals surface area contributed by atoms with Gasteiger partial charge in [0.2, 0.25) is 0 Å². The van der Waals surface area contributed by atoms with Crippen LogP contribution in [0.5, 0.6) is 11.5 Å². The third-order valence-electron chi connectivity index (χ3n) is 4.19. The van der Waals surface area contributed by atoms with E-state index in [9.17, 15) is 4.39 Å². The second kappa shape index (κ2) is 7.28. The second-order valence-electron chi connectivity index (χ2n) is 6.58. The van der Waals surface area contributed by atoms with E-state index in [0.29, 0.717) is 39.6 Å². The van der Waals surface area contributed by atoms with Gasteiger partial charge in [-0.3, -0.25) is 0 Å². The van der Waals surface area contributed by atoms with Crippen molar-refractivity contribution < 1.29 is 13.9 Å². The van der Waals surface area contributed by atoms with Crippen molar-refractivity contribution in [1.29, 1.82) is 0 Å². The molecular formula is C19H18BrFN4O2. The Morgan fingerprint density at radius 1 is 1.26 bits per heavy atom. The van der Waals surface area contributed by atoms with Crippen molar-refractivity contribution in [3.05, 3.63) is 46.9 Å². The topological polar surface area (TPSA) is 59.5 Å². The van der Waals surface area contributed by atoms with Gasteiger partial charge in [0, 0.05) is 18.0 Å². The Morgan fingerprint density at radius 2 is 2.11 bits per heavy atom. The molecule has 0 saturated carbocycles. The second-order valence-corrected chi connectivity index (χ2v) is 7.43. The molecule has 4 rings (SSSR count). The number of nitrogens with one attached hydrogen (secondary N) is 1. The van der Waals surface area contributed by atoms with E-state index in [1.165, 1.54) is 6.33 Å². The number of hydrogen-bond acceptors (Lipinski definition) is 6. The highest BCUT2D eigenvalue weighted by atomic mass is 79.9. The molecule has 0 bridgehead atoms. The Bertz CT molecular complexity index is 999. The number of nitrogens with zero attached hydrogens (tertiary/aromatic N) is 3. The molecule has 2 heterocycles. The van der Waals surface area contributed by atoms with E-state index < -0.39 is 0 Å². The van der Waals surface area contributed by atoms with Gasteiger partial charge in [0.25, 0.3) is 0 Å². The first-order chi connectivity index (χ1) is 13.0. The van der Waals surface area contributed by atoms with Crippen molar-refractivity contribution in [1.82, 2.24) is 14.9 Å². The zero-order valence-corrected chi connectivity index (χ0v) is 16.5. The Labute approximate surface area is 164 Å². The quantitative estimate of drug-likeness (QED) is 0.672. The summed E-state index contributed by atoms with van der Waals surface area (Å²) in [5.41, 5.74) is 1.01. The molecule has 140 valence electrons. The molecule has 0 fully saturated rings. The molecule has 27 heavy (non-hydrogen) atoms. The van der Waals surface area contributed by atoms with Crippen molar-refractivity contribution in [3.8, 4) is 11.5 Å². The molecule has 0 spiro atoms. The summed E-state index contributed by atoms with van der Waals surface area (Å²) in [5, 5.41) is 3.77. The number of aromatic nitrogens is 2. The van der Waals surface area contributed by atoms with Gasteiger partial charge < -0.3 is 19.7 Å². The molecule has 0 saturated heterocycles. The molecule has 1 aliphatic heterocycles. The molecular weight excluding hydrogens is 415 g/mol. The molecule has 8 heteroatoms. The van der Waals surface area contributed by atoms with Gasteiger partial charge in [-0.15, -0.1) is 0 Å². The fraction of sp³-hybridized carbons (Fsp3) is 0.263. The predicted molar refractivity (Wildman–Crippen MR) is 105 cm³/mol. The van der Waals surface area contributed by atoms with Gasteiger partial charge in [-0.25, -0.2) is 14.4 Å². The van der Waals surface area contributed by atoms with Crippen LogP contribution in [0.1, 0.15) is 0 Å². The van der Waals surface area contributed by atoms with Crippen LogP contribution in [-0.4, -0.2) is 48.2 Å². The first-order valence-electron chi connectivity index (χ1n) is 8.45. The molecule has 0 amide bonds. The standard InChI is InChI=1S/C19H18BrFN4O2/c1-25(2)8-11-9-26-16-6-12-15(7-17(16)27-11)22-10-23-19(12)24-14-5-3-4-13(20)18(14)21/h3-7,10-11H,8-9H2,1-2H3,(H,22,23,24). The maximum Gasteiger partial charge on any atom is 0.164 e. The van der Waals surface area contributed by atoms with E-state index in [4.69, 9.17) is 9.47 Å². The van der Waals surface area contributed by atoms with Crippen LogP contribution in [0.15, 0.2) is 41.1 Å². The first-order valence-corrected chi connectivity index (χ1v) is 9.24. The van der Waals surface area contributed by atoms with Crippen LogP contribution in [0.4, 0.5) is 15.9 Å². The number of fused-ring (bicyclic) bond motifs is 2. The Hall–Kier alpha value is -2.45. The van der Waals surface area contributed by atoms with Crippen molar-refractivity contribution in [2.75, 3.05) is 32.6 Å². The zero-order chi connectivity index (χ0) is 19.0. The van der Waals surface area contributed by atoms with Gasteiger partial charge in [-0.2, -0.15) is 0 Å². The molecule has 1 aromatic heterocycles. The smallest absolute Gasteiger partial charge is 0.164 e. The highest BCUT2D eigenvalue weighted by Crippen LogP contribution is 2.38. The molecule has 0 aliphatic carbocycles. The normalized spacial score (nSPS) is 16.0. The van der Waals surface area contributed by atoms with Crippen LogP contribution in [0.3, 0.4) is 0 Å². The summed E-state index contributed by atoms with van der Waals surface area (Å²) < 4.78 is 26.6. The monoisotopic (exact) mass is 432 g/mol. The largest absolute Gasteiger partial charge is 0.486 e. The fourth-order valence-electron chi connectivity index (χ4n) is 2.99. The summed E-state index contributed by atoms with van der Waals surface area (Å²) in [6.45, 7) is 1.23. The highest BCUT2D eigenvalue weighted by molar-refractivity contribution is 9.10. The van der Waals surface area contributed by atoms with Gasteiger partial charge in [0.1, 0.15) is 24.9 Å². The Balaban J connectivity index is 1.69. The lowest BCUT2D eigenvalue weighted by molar-refractivity contribution is 0.0713. The maximum absolute atomic E-state index is 14.3. The number of ether oxygens (including phenoxy) is 2. The average Bonchev–Trinajstić information content (AvgIpc) is 2.63. The number of anilines is 2. The molecule has 6 nitrogen and oxygen atoms in total. The summed E-state index contributed by atoms with van der Waals surface area (Å²) in [6, 6.07) is 8.70. The lowest BCUT2D eigenvalue weighted by Gasteiger charge is -2.28. The minimum atomic E-state index is -0.381. The molecule has 1 atom stereocenters. The minimum absolute atomic E-state index is 0.0415. The van der Waals surface area contributed by atoms with E-state index >= 15 is 0 Å². The van der Waals surface area contributed by atoms with E-state index in [1.54, 1.807) is 18.2 Å². The minimum Gasteiger partial charge on any atom is -0.486 e. The molecule has 1 aliphatic rings. The predicted octanol–water partition coefficient (Wildman–Crippen LogP) is 3.98. The third kappa shape index (κ3) is 3.68. The van der Waals surface area contributed by atoms with Gasteiger partial charge >= 0.3 is 0 Å². The lowest BCUT2D eigenvalue weighted by atomic mass is 10.2. The van der Waals surface area contributed by atoms with Crippen molar-refractivity contribution in [3.63, 3.8) is 0 Å². The molecule has 1 N–H and O–H groups in total. The summed E-state index contributed by atoms with van der Waals surface area (Å²) in [4.78, 5) is 10.6. The van der Waals surface area contributed by atoms with Crippen LogP contribution in [-0.2, 0) is 0 Å². The Kier molecular flexibility index (Phi) is 4.84. The summed E-state index contributed by atoms with van der Waals surface area (Å²) in [5.74, 6) is 1.40. The van der Waals surface area contributed by atoms with Crippen molar-refractivity contribution >= 4 is 38.3 Å². The number of halogens is 2. The van der Waals surface area contributed by atoms with Crippen molar-refractivity contribution in [2.24, 2.45) is 0 Å². The third-order valence-corrected chi connectivity index (χ3v) is 4.81. The van der Waals surface area contributed by atoms with Crippen LogP contribution < -0.4 is 14.8 Å². The molecule has 2 aromatic carbocycles. The summed E-state index contributed by atoms with van der Waals surface area (Å²) in [7, 11) is 3.98.